The molecule has 102 valence electrons. The first-order chi connectivity index (χ1) is 8.39. The Kier molecular flexibility index (Phi) is 5.11. The number of likely N-dealkylation sites (N-methyl/N-ethyl adjacent to an activating group) is 1. The molecule has 0 bridgehead atoms. The molecule has 0 fully saturated rings. The zero-order valence-electron chi connectivity index (χ0n) is 12.2. The molecule has 0 aromatic carbocycles. The van der Waals surface area contributed by atoms with E-state index in [4.69, 9.17) is 10.5 Å². The van der Waals surface area contributed by atoms with Crippen LogP contribution in [0.3, 0.4) is 0 Å². The van der Waals surface area contributed by atoms with Crippen molar-refractivity contribution in [2.75, 3.05) is 20.7 Å². The van der Waals surface area contributed by atoms with Gasteiger partial charge in [0.2, 0.25) is 5.88 Å². The van der Waals surface area contributed by atoms with E-state index < -0.39 is 0 Å². The molecule has 0 aliphatic carbocycles. The molecule has 0 aliphatic heterocycles. The summed E-state index contributed by atoms with van der Waals surface area (Å²) in [6, 6.07) is 3.95. The fraction of sp³-hybridized carbons (Fsp3) is 0.643. The number of aryl methyl sites for hydroxylation is 1. The predicted molar refractivity (Wildman–Crippen MR) is 74.8 cm³/mol. The van der Waals surface area contributed by atoms with Gasteiger partial charge in [0.05, 0.1) is 0 Å². The average molecular weight is 251 g/mol. The number of nitrogens with zero attached hydrogens (tertiary/aromatic N) is 2. The van der Waals surface area contributed by atoms with Crippen LogP contribution in [0.4, 0.5) is 0 Å². The maximum Gasteiger partial charge on any atom is 0.213 e. The Morgan fingerprint density at radius 2 is 2.00 bits per heavy atom. The lowest BCUT2D eigenvalue weighted by molar-refractivity contribution is 0.111. The largest absolute Gasteiger partial charge is 0.476 e. The highest BCUT2D eigenvalue weighted by Gasteiger charge is 2.21. The minimum Gasteiger partial charge on any atom is -0.476 e. The van der Waals surface area contributed by atoms with Crippen LogP contribution in [0.1, 0.15) is 32.0 Å². The van der Waals surface area contributed by atoms with Crippen LogP contribution < -0.4 is 10.5 Å². The number of ether oxygens (including phenoxy) is 1. The maximum atomic E-state index is 5.81. The van der Waals surface area contributed by atoms with Gasteiger partial charge in [0.25, 0.3) is 0 Å². The fourth-order valence-electron chi connectivity index (χ4n) is 1.37. The molecule has 4 nitrogen and oxygen atoms in total. The molecule has 1 aromatic heterocycles. The third-order valence-corrected chi connectivity index (χ3v) is 3.30. The highest BCUT2D eigenvalue weighted by atomic mass is 16.5. The Hall–Kier alpha value is -1.13. The zero-order chi connectivity index (χ0) is 13.8. The molecular formula is C14H25N3O. The van der Waals surface area contributed by atoms with Crippen molar-refractivity contribution in [3.63, 3.8) is 0 Å². The lowest BCUT2D eigenvalue weighted by Crippen LogP contribution is -2.43. The van der Waals surface area contributed by atoms with Crippen LogP contribution in [0.15, 0.2) is 12.1 Å². The minimum atomic E-state index is -0.0211. The van der Waals surface area contributed by atoms with Crippen molar-refractivity contribution < 1.29 is 4.74 Å². The third-order valence-electron chi connectivity index (χ3n) is 3.30. The number of rotatable bonds is 6. The SMILES string of the molecule is CCc1cc(CN)cc(OCC(C)(C)N(C)C)n1. The third kappa shape index (κ3) is 3.96. The van der Waals surface area contributed by atoms with Crippen LogP contribution >= 0.6 is 0 Å². The van der Waals surface area contributed by atoms with E-state index in [2.05, 4.69) is 30.7 Å². The fourth-order valence-corrected chi connectivity index (χ4v) is 1.37. The summed E-state index contributed by atoms with van der Waals surface area (Å²) >= 11 is 0. The highest BCUT2D eigenvalue weighted by Crippen LogP contribution is 2.16. The Morgan fingerprint density at radius 1 is 1.33 bits per heavy atom. The summed E-state index contributed by atoms with van der Waals surface area (Å²) in [5.74, 6) is 0.671. The van der Waals surface area contributed by atoms with Crippen LogP contribution in [-0.4, -0.2) is 36.1 Å². The van der Waals surface area contributed by atoms with Crippen molar-refractivity contribution in [3.05, 3.63) is 23.4 Å². The Bertz CT molecular complexity index is 366. The van der Waals surface area contributed by atoms with Gasteiger partial charge in [0.15, 0.2) is 0 Å². The molecule has 0 saturated carbocycles. The van der Waals surface area contributed by atoms with Crippen molar-refractivity contribution in [2.24, 2.45) is 5.73 Å². The molecule has 0 radical (unpaired) electrons. The first kappa shape index (κ1) is 14.9. The van der Waals surface area contributed by atoms with Crippen molar-refractivity contribution >= 4 is 0 Å². The van der Waals surface area contributed by atoms with Gasteiger partial charge in [0.1, 0.15) is 6.61 Å². The van der Waals surface area contributed by atoms with Gasteiger partial charge in [-0.1, -0.05) is 6.92 Å². The second-order valence-electron chi connectivity index (χ2n) is 5.36. The van der Waals surface area contributed by atoms with Crippen LogP contribution in [0.25, 0.3) is 0 Å². The number of hydrogen-bond donors (Lipinski definition) is 1. The lowest BCUT2D eigenvalue weighted by atomic mass is 10.1. The van der Waals surface area contributed by atoms with E-state index in [0.717, 1.165) is 17.7 Å². The summed E-state index contributed by atoms with van der Waals surface area (Å²) in [4.78, 5) is 6.61. The van der Waals surface area contributed by atoms with Gasteiger partial charge in [-0.05, 0) is 46.0 Å². The molecule has 1 heterocycles. The van der Waals surface area contributed by atoms with E-state index in [9.17, 15) is 0 Å². The van der Waals surface area contributed by atoms with E-state index >= 15 is 0 Å². The van der Waals surface area contributed by atoms with Crippen molar-refractivity contribution in [3.8, 4) is 5.88 Å². The molecule has 18 heavy (non-hydrogen) atoms. The molecular weight excluding hydrogens is 226 g/mol. The standard InChI is InChI=1S/C14H25N3O/c1-6-12-7-11(9-15)8-13(16-12)18-10-14(2,3)17(4)5/h7-8H,6,9-10,15H2,1-5H3. The minimum absolute atomic E-state index is 0.0211. The molecule has 1 aromatic rings. The van der Waals surface area contributed by atoms with Gasteiger partial charge in [0, 0.05) is 23.8 Å². The van der Waals surface area contributed by atoms with Crippen LogP contribution in [0.2, 0.25) is 0 Å². The smallest absolute Gasteiger partial charge is 0.213 e. The molecule has 0 unspecified atom stereocenters. The molecule has 0 saturated heterocycles. The Labute approximate surface area is 110 Å². The number of pyridine rings is 1. The molecule has 0 aliphatic rings. The molecule has 1 rings (SSSR count). The van der Waals surface area contributed by atoms with Gasteiger partial charge in [-0.3, -0.25) is 0 Å². The molecule has 2 N–H and O–H groups in total. The van der Waals surface area contributed by atoms with Gasteiger partial charge < -0.3 is 15.4 Å². The summed E-state index contributed by atoms with van der Waals surface area (Å²) in [6.45, 7) is 7.48. The van der Waals surface area contributed by atoms with E-state index in [0.29, 0.717) is 19.0 Å². The van der Waals surface area contributed by atoms with Crippen LogP contribution in [-0.2, 0) is 13.0 Å². The average Bonchev–Trinajstić information content (AvgIpc) is 2.35. The monoisotopic (exact) mass is 251 g/mol. The first-order valence-electron chi connectivity index (χ1n) is 6.39. The maximum absolute atomic E-state index is 5.81. The van der Waals surface area contributed by atoms with E-state index in [-0.39, 0.29) is 5.54 Å². The molecule has 0 spiro atoms. The topological polar surface area (TPSA) is 51.4 Å². The second kappa shape index (κ2) is 6.16. The van der Waals surface area contributed by atoms with Crippen LogP contribution in [0, 0.1) is 0 Å². The first-order valence-corrected chi connectivity index (χ1v) is 6.39. The van der Waals surface area contributed by atoms with Crippen molar-refractivity contribution in [1.29, 1.82) is 0 Å². The Balaban J connectivity index is 2.78. The van der Waals surface area contributed by atoms with Crippen LogP contribution in [0.5, 0.6) is 5.88 Å². The molecule has 0 amide bonds. The van der Waals surface area contributed by atoms with E-state index in [1.54, 1.807) is 0 Å². The van der Waals surface area contributed by atoms with Crippen molar-refractivity contribution in [1.82, 2.24) is 9.88 Å². The highest BCUT2D eigenvalue weighted by molar-refractivity contribution is 5.25. The van der Waals surface area contributed by atoms with Gasteiger partial charge >= 0.3 is 0 Å². The van der Waals surface area contributed by atoms with Gasteiger partial charge in [-0.2, -0.15) is 0 Å². The summed E-state index contributed by atoms with van der Waals surface area (Å²) in [5, 5.41) is 0. The van der Waals surface area contributed by atoms with E-state index in [1.807, 2.05) is 26.2 Å². The van der Waals surface area contributed by atoms with Gasteiger partial charge in [-0.15, -0.1) is 0 Å². The number of nitrogens with two attached hydrogens (primary N) is 1. The zero-order valence-corrected chi connectivity index (χ0v) is 12.2. The summed E-state index contributed by atoms with van der Waals surface area (Å²) in [6.07, 6.45) is 0.890. The quantitative estimate of drug-likeness (QED) is 0.838. The summed E-state index contributed by atoms with van der Waals surface area (Å²) < 4.78 is 5.81. The molecule has 4 heteroatoms. The lowest BCUT2D eigenvalue weighted by Gasteiger charge is -2.32. The summed E-state index contributed by atoms with van der Waals surface area (Å²) in [7, 11) is 4.09. The van der Waals surface area contributed by atoms with Gasteiger partial charge in [-0.25, -0.2) is 4.98 Å². The van der Waals surface area contributed by atoms with Crippen molar-refractivity contribution in [2.45, 2.75) is 39.3 Å². The molecule has 0 atom stereocenters. The number of hydrogen-bond acceptors (Lipinski definition) is 4. The second-order valence-corrected chi connectivity index (χ2v) is 5.36. The number of aromatic nitrogens is 1. The van der Waals surface area contributed by atoms with E-state index in [1.165, 1.54) is 0 Å². The predicted octanol–water partition coefficient (Wildman–Crippen LogP) is 1.82. The Morgan fingerprint density at radius 3 is 2.50 bits per heavy atom. The normalized spacial score (nSPS) is 11.9. The summed E-state index contributed by atoms with van der Waals surface area (Å²) in [5.41, 5.74) is 7.75.